The summed E-state index contributed by atoms with van der Waals surface area (Å²) in [5.41, 5.74) is 0. The maximum absolute atomic E-state index is 9.51. The molecule has 0 aromatic carbocycles. The molecule has 1 rings (SSSR count). The van der Waals surface area contributed by atoms with Crippen molar-refractivity contribution in [3.05, 3.63) is 10.9 Å². The third-order valence-corrected chi connectivity index (χ3v) is 2.97. The number of ether oxygens (including phenoxy) is 1. The van der Waals surface area contributed by atoms with Gasteiger partial charge in [-0.1, -0.05) is 25.6 Å². The van der Waals surface area contributed by atoms with Crippen LogP contribution in [0.2, 0.25) is 0 Å². The Balaban J connectivity index is 2.84. The molecule has 0 spiro atoms. The zero-order chi connectivity index (χ0) is 11.6. The molecular weight excluding hydrogens is 220 g/mol. The van der Waals surface area contributed by atoms with Gasteiger partial charge in [-0.25, -0.2) is 0 Å². The van der Waals surface area contributed by atoms with Crippen LogP contribution in [-0.2, 0) is 4.74 Å². The maximum Gasteiger partial charge on any atom is 0.194 e. The number of hydrogen-bond acceptors (Lipinski definition) is 6. The fraction of sp³-hybridized carbons (Fsp3) is 0.778. The van der Waals surface area contributed by atoms with Crippen LogP contribution in [0.1, 0.15) is 13.8 Å². The van der Waals surface area contributed by atoms with Crippen molar-refractivity contribution < 1.29 is 25.2 Å². The lowest BCUT2D eigenvalue weighted by Crippen LogP contribution is -2.46. The van der Waals surface area contributed by atoms with E-state index in [2.05, 4.69) is 0 Å². The molecule has 0 aliphatic carbocycles. The van der Waals surface area contributed by atoms with Gasteiger partial charge in [0.05, 0.1) is 6.61 Å². The van der Waals surface area contributed by atoms with E-state index in [4.69, 9.17) is 9.84 Å². The van der Waals surface area contributed by atoms with E-state index in [1.54, 1.807) is 0 Å². The second kappa shape index (κ2) is 5.07. The lowest BCUT2D eigenvalue weighted by molar-refractivity contribution is -0.104. The molecule has 15 heavy (non-hydrogen) atoms. The summed E-state index contributed by atoms with van der Waals surface area (Å²) in [6, 6.07) is 0. The highest BCUT2D eigenvalue weighted by Gasteiger charge is 2.38. The molecule has 6 heteroatoms. The summed E-state index contributed by atoms with van der Waals surface area (Å²) >= 11 is 1.23. The Bertz CT molecular complexity index is 253. The molecular formula is C9H16O5S. The molecule has 0 amide bonds. The van der Waals surface area contributed by atoms with E-state index in [0.717, 1.165) is 0 Å². The minimum absolute atomic E-state index is 0.168. The molecule has 1 aliphatic heterocycles. The molecule has 0 fully saturated rings. The predicted octanol–water partition coefficient (Wildman–Crippen LogP) is -0.0320. The SMILES string of the molecule is CC(C)SC1=C(O)[C@@H](O)[C@@H](O)[C@@H](CO)O1. The van der Waals surface area contributed by atoms with E-state index in [0.29, 0.717) is 0 Å². The van der Waals surface area contributed by atoms with Gasteiger partial charge in [0.2, 0.25) is 0 Å². The molecule has 0 saturated heterocycles. The smallest absolute Gasteiger partial charge is 0.194 e. The molecule has 5 nitrogen and oxygen atoms in total. The fourth-order valence-corrected chi connectivity index (χ4v) is 2.05. The van der Waals surface area contributed by atoms with Gasteiger partial charge in [-0.2, -0.15) is 0 Å². The first-order valence-corrected chi connectivity index (χ1v) is 5.58. The second-order valence-electron chi connectivity index (χ2n) is 3.61. The van der Waals surface area contributed by atoms with Gasteiger partial charge in [-0.15, -0.1) is 0 Å². The number of thioether (sulfide) groups is 1. The van der Waals surface area contributed by atoms with Crippen LogP contribution in [0.4, 0.5) is 0 Å². The van der Waals surface area contributed by atoms with Crippen LogP contribution in [0.5, 0.6) is 0 Å². The maximum atomic E-state index is 9.51. The molecule has 0 radical (unpaired) electrons. The monoisotopic (exact) mass is 236 g/mol. The third-order valence-electron chi connectivity index (χ3n) is 1.97. The van der Waals surface area contributed by atoms with E-state index in [9.17, 15) is 15.3 Å². The van der Waals surface area contributed by atoms with Gasteiger partial charge in [-0.05, 0) is 0 Å². The fourth-order valence-electron chi connectivity index (χ4n) is 1.20. The van der Waals surface area contributed by atoms with E-state index in [-0.39, 0.29) is 16.1 Å². The Labute approximate surface area is 92.4 Å². The van der Waals surface area contributed by atoms with Crippen molar-refractivity contribution >= 4 is 11.8 Å². The van der Waals surface area contributed by atoms with Crippen molar-refractivity contribution in [2.45, 2.75) is 37.4 Å². The van der Waals surface area contributed by atoms with E-state index >= 15 is 0 Å². The average molecular weight is 236 g/mol. The average Bonchev–Trinajstić information content (AvgIpc) is 2.18. The van der Waals surface area contributed by atoms with Gasteiger partial charge in [0.1, 0.15) is 12.2 Å². The van der Waals surface area contributed by atoms with Crippen molar-refractivity contribution in [3.8, 4) is 0 Å². The highest BCUT2D eigenvalue weighted by molar-refractivity contribution is 8.03. The van der Waals surface area contributed by atoms with E-state index in [1.165, 1.54) is 11.8 Å². The summed E-state index contributed by atoms with van der Waals surface area (Å²) in [6.45, 7) is 3.40. The van der Waals surface area contributed by atoms with Gasteiger partial charge in [0.15, 0.2) is 17.0 Å². The minimum Gasteiger partial charge on any atom is -0.506 e. The Morgan fingerprint density at radius 1 is 1.40 bits per heavy atom. The van der Waals surface area contributed by atoms with Gasteiger partial charge in [0, 0.05) is 5.25 Å². The molecule has 1 aliphatic rings. The lowest BCUT2D eigenvalue weighted by atomic mass is 10.1. The third kappa shape index (κ3) is 2.78. The van der Waals surface area contributed by atoms with Crippen LogP contribution in [-0.4, -0.2) is 50.6 Å². The molecule has 3 atom stereocenters. The van der Waals surface area contributed by atoms with Crippen LogP contribution < -0.4 is 0 Å². The first-order chi connectivity index (χ1) is 6.97. The molecule has 1 heterocycles. The number of aliphatic hydroxyl groups is 4. The molecule has 0 unspecified atom stereocenters. The van der Waals surface area contributed by atoms with Gasteiger partial charge in [0.25, 0.3) is 0 Å². The largest absolute Gasteiger partial charge is 0.506 e. The zero-order valence-corrected chi connectivity index (χ0v) is 9.44. The normalized spacial score (nSPS) is 32.0. The molecule has 88 valence electrons. The second-order valence-corrected chi connectivity index (χ2v) is 5.16. The number of hydrogen-bond donors (Lipinski definition) is 4. The highest BCUT2D eigenvalue weighted by atomic mass is 32.2. The van der Waals surface area contributed by atoms with Crippen LogP contribution in [0, 0.1) is 0 Å². The van der Waals surface area contributed by atoms with Crippen LogP contribution in [0.3, 0.4) is 0 Å². The quantitative estimate of drug-likeness (QED) is 0.550. The zero-order valence-electron chi connectivity index (χ0n) is 8.62. The van der Waals surface area contributed by atoms with Crippen LogP contribution in [0.15, 0.2) is 10.9 Å². The van der Waals surface area contributed by atoms with E-state index < -0.39 is 24.9 Å². The number of aliphatic hydroxyl groups excluding tert-OH is 4. The van der Waals surface area contributed by atoms with Crippen molar-refractivity contribution in [3.63, 3.8) is 0 Å². The van der Waals surface area contributed by atoms with Gasteiger partial charge < -0.3 is 25.2 Å². The minimum atomic E-state index is -1.39. The summed E-state index contributed by atoms with van der Waals surface area (Å²) < 4.78 is 5.17. The first kappa shape index (κ1) is 12.6. The standard InChI is InChI=1S/C9H16O5S/c1-4(2)15-9-8(13)7(12)6(11)5(3-10)14-9/h4-7,10-13H,3H2,1-2H3/t5-,6+,7+/m1/s1. The predicted molar refractivity (Wildman–Crippen MR) is 56.4 cm³/mol. The molecule has 0 bridgehead atoms. The van der Waals surface area contributed by atoms with Crippen molar-refractivity contribution in [1.29, 1.82) is 0 Å². The first-order valence-electron chi connectivity index (χ1n) is 4.70. The molecule has 4 N–H and O–H groups in total. The highest BCUT2D eigenvalue weighted by Crippen LogP contribution is 2.32. The molecule has 0 aromatic rings. The van der Waals surface area contributed by atoms with Crippen molar-refractivity contribution in [1.82, 2.24) is 0 Å². The van der Waals surface area contributed by atoms with Crippen LogP contribution in [0.25, 0.3) is 0 Å². The lowest BCUT2D eigenvalue weighted by Gasteiger charge is -2.32. The Morgan fingerprint density at radius 3 is 2.47 bits per heavy atom. The summed E-state index contributed by atoms with van der Waals surface area (Å²) in [4.78, 5) is 0. The Morgan fingerprint density at radius 2 is 2.00 bits per heavy atom. The van der Waals surface area contributed by atoms with Crippen LogP contribution >= 0.6 is 11.8 Å². The summed E-state index contributed by atoms with van der Waals surface area (Å²) in [6.07, 6.45) is -3.58. The molecule has 0 saturated carbocycles. The van der Waals surface area contributed by atoms with E-state index in [1.807, 2.05) is 13.8 Å². The van der Waals surface area contributed by atoms with Crippen molar-refractivity contribution in [2.75, 3.05) is 6.61 Å². The molecule has 0 aromatic heterocycles. The topological polar surface area (TPSA) is 90.2 Å². The van der Waals surface area contributed by atoms with Crippen molar-refractivity contribution in [2.24, 2.45) is 0 Å². The summed E-state index contributed by atoms with van der Waals surface area (Å²) in [7, 11) is 0. The van der Waals surface area contributed by atoms with Gasteiger partial charge in [-0.3, -0.25) is 0 Å². The van der Waals surface area contributed by atoms with Gasteiger partial charge >= 0.3 is 0 Å². The number of rotatable bonds is 3. The Kier molecular flexibility index (Phi) is 4.27. The Hall–Kier alpha value is -0.430. The summed E-state index contributed by atoms with van der Waals surface area (Å²) in [5.74, 6) is -0.370. The summed E-state index contributed by atoms with van der Waals surface area (Å²) in [5, 5.41) is 37.6.